The molecule has 0 saturated carbocycles. The molecule has 0 aliphatic carbocycles. The van der Waals surface area contributed by atoms with Gasteiger partial charge in [0.15, 0.2) is 0 Å². The molecule has 15 heavy (non-hydrogen) atoms. The van der Waals surface area contributed by atoms with Crippen LogP contribution in [0.25, 0.3) is 0 Å². The van der Waals surface area contributed by atoms with E-state index in [-0.39, 0.29) is 0 Å². The molecule has 3 heteroatoms. The van der Waals surface area contributed by atoms with Gasteiger partial charge in [-0.1, -0.05) is 6.92 Å². The molecule has 0 spiro atoms. The SMILES string of the molecule is COc1cncc(C2CCC(C)CN2)c1. The third-order valence-electron chi connectivity index (χ3n) is 3.03. The predicted molar refractivity (Wildman–Crippen MR) is 59.9 cm³/mol. The molecule has 2 unspecified atom stereocenters. The molecule has 0 amide bonds. The average Bonchev–Trinajstić information content (AvgIpc) is 2.30. The largest absolute Gasteiger partial charge is 0.495 e. The fourth-order valence-corrected chi connectivity index (χ4v) is 2.02. The molecule has 2 rings (SSSR count). The van der Waals surface area contributed by atoms with Crippen LogP contribution in [-0.4, -0.2) is 18.6 Å². The number of ether oxygens (including phenoxy) is 1. The van der Waals surface area contributed by atoms with Gasteiger partial charge in [-0.05, 0) is 36.9 Å². The van der Waals surface area contributed by atoms with Crippen molar-refractivity contribution in [3.8, 4) is 5.75 Å². The van der Waals surface area contributed by atoms with E-state index in [1.807, 2.05) is 6.20 Å². The molecule has 0 aromatic carbocycles. The number of rotatable bonds is 2. The summed E-state index contributed by atoms with van der Waals surface area (Å²) in [7, 11) is 1.68. The maximum absolute atomic E-state index is 5.18. The van der Waals surface area contributed by atoms with E-state index in [2.05, 4.69) is 23.3 Å². The molecule has 1 fully saturated rings. The number of pyridine rings is 1. The van der Waals surface area contributed by atoms with E-state index in [0.29, 0.717) is 6.04 Å². The van der Waals surface area contributed by atoms with Gasteiger partial charge in [0.2, 0.25) is 0 Å². The third-order valence-corrected chi connectivity index (χ3v) is 3.03. The predicted octanol–water partition coefficient (Wildman–Crippen LogP) is 2.15. The van der Waals surface area contributed by atoms with Crippen LogP contribution in [0.1, 0.15) is 31.4 Å². The Bertz CT molecular complexity index is 319. The van der Waals surface area contributed by atoms with Crippen LogP contribution in [0.15, 0.2) is 18.5 Å². The summed E-state index contributed by atoms with van der Waals surface area (Å²) in [4.78, 5) is 4.18. The standard InChI is InChI=1S/C12H18N2O/c1-9-3-4-12(14-6-9)10-5-11(15-2)8-13-7-10/h5,7-9,12,14H,3-4,6H2,1-2H3. The summed E-state index contributed by atoms with van der Waals surface area (Å²) in [5.74, 6) is 1.63. The second-order valence-electron chi connectivity index (χ2n) is 4.30. The van der Waals surface area contributed by atoms with Gasteiger partial charge in [-0.15, -0.1) is 0 Å². The number of hydrogen-bond donors (Lipinski definition) is 1. The summed E-state index contributed by atoms with van der Waals surface area (Å²) < 4.78 is 5.18. The van der Waals surface area contributed by atoms with Gasteiger partial charge in [0.25, 0.3) is 0 Å². The van der Waals surface area contributed by atoms with Crippen molar-refractivity contribution >= 4 is 0 Å². The lowest BCUT2D eigenvalue weighted by Crippen LogP contribution is -2.31. The van der Waals surface area contributed by atoms with Crippen LogP contribution in [0, 0.1) is 5.92 Å². The Labute approximate surface area is 90.9 Å². The molecule has 1 aliphatic heterocycles. The van der Waals surface area contributed by atoms with Crippen LogP contribution in [-0.2, 0) is 0 Å². The zero-order valence-electron chi connectivity index (χ0n) is 9.36. The lowest BCUT2D eigenvalue weighted by atomic mass is 9.93. The van der Waals surface area contributed by atoms with E-state index in [1.165, 1.54) is 18.4 Å². The first-order valence-electron chi connectivity index (χ1n) is 5.52. The van der Waals surface area contributed by atoms with Crippen molar-refractivity contribution in [3.63, 3.8) is 0 Å². The zero-order chi connectivity index (χ0) is 10.7. The lowest BCUT2D eigenvalue weighted by molar-refractivity contribution is 0.331. The first-order chi connectivity index (χ1) is 7.29. The smallest absolute Gasteiger partial charge is 0.137 e. The quantitative estimate of drug-likeness (QED) is 0.805. The Morgan fingerprint density at radius 2 is 2.27 bits per heavy atom. The van der Waals surface area contributed by atoms with E-state index in [9.17, 15) is 0 Å². The maximum atomic E-state index is 5.18. The highest BCUT2D eigenvalue weighted by molar-refractivity contribution is 5.26. The van der Waals surface area contributed by atoms with Gasteiger partial charge in [0, 0.05) is 12.2 Å². The molecule has 1 saturated heterocycles. The van der Waals surface area contributed by atoms with Gasteiger partial charge in [0.05, 0.1) is 13.3 Å². The first kappa shape index (κ1) is 10.4. The van der Waals surface area contributed by atoms with Crippen LogP contribution in [0.3, 0.4) is 0 Å². The molecular weight excluding hydrogens is 188 g/mol. The van der Waals surface area contributed by atoms with Crippen LogP contribution >= 0.6 is 0 Å². The minimum Gasteiger partial charge on any atom is -0.495 e. The zero-order valence-corrected chi connectivity index (χ0v) is 9.36. The van der Waals surface area contributed by atoms with E-state index in [4.69, 9.17) is 4.74 Å². The topological polar surface area (TPSA) is 34.1 Å². The van der Waals surface area contributed by atoms with E-state index < -0.39 is 0 Å². The van der Waals surface area contributed by atoms with Gasteiger partial charge >= 0.3 is 0 Å². The summed E-state index contributed by atoms with van der Waals surface area (Å²) >= 11 is 0. The van der Waals surface area contributed by atoms with Gasteiger partial charge in [-0.25, -0.2) is 0 Å². The Kier molecular flexibility index (Phi) is 3.21. The van der Waals surface area contributed by atoms with Crippen LogP contribution in [0.4, 0.5) is 0 Å². The molecule has 2 heterocycles. The summed E-state index contributed by atoms with van der Waals surface area (Å²) in [5.41, 5.74) is 1.24. The average molecular weight is 206 g/mol. The molecule has 1 N–H and O–H groups in total. The van der Waals surface area contributed by atoms with Gasteiger partial charge in [-0.3, -0.25) is 4.98 Å². The molecule has 1 aromatic rings. The molecule has 2 atom stereocenters. The van der Waals surface area contributed by atoms with Crippen molar-refractivity contribution in [2.45, 2.75) is 25.8 Å². The summed E-state index contributed by atoms with van der Waals surface area (Å²) in [5, 5.41) is 3.54. The van der Waals surface area contributed by atoms with E-state index >= 15 is 0 Å². The highest BCUT2D eigenvalue weighted by Crippen LogP contribution is 2.26. The normalized spacial score (nSPS) is 26.3. The maximum Gasteiger partial charge on any atom is 0.137 e. The number of piperidine rings is 1. The van der Waals surface area contributed by atoms with Crippen molar-refractivity contribution in [2.75, 3.05) is 13.7 Å². The molecular formula is C12H18N2O. The second kappa shape index (κ2) is 4.62. The van der Waals surface area contributed by atoms with Crippen molar-refractivity contribution in [2.24, 2.45) is 5.92 Å². The highest BCUT2D eigenvalue weighted by Gasteiger charge is 2.19. The Hall–Kier alpha value is -1.09. The minimum atomic E-state index is 0.448. The number of methoxy groups -OCH3 is 1. The lowest BCUT2D eigenvalue weighted by Gasteiger charge is -2.28. The van der Waals surface area contributed by atoms with Crippen molar-refractivity contribution in [3.05, 3.63) is 24.0 Å². The number of nitrogens with zero attached hydrogens (tertiary/aromatic N) is 1. The number of aromatic nitrogens is 1. The number of hydrogen-bond acceptors (Lipinski definition) is 3. The third kappa shape index (κ3) is 2.48. The molecule has 0 bridgehead atoms. The highest BCUT2D eigenvalue weighted by atomic mass is 16.5. The van der Waals surface area contributed by atoms with Crippen molar-refractivity contribution in [1.29, 1.82) is 0 Å². The molecule has 1 aromatic heterocycles. The van der Waals surface area contributed by atoms with E-state index in [0.717, 1.165) is 18.2 Å². The van der Waals surface area contributed by atoms with Crippen LogP contribution in [0.2, 0.25) is 0 Å². The summed E-state index contributed by atoms with van der Waals surface area (Å²) in [6, 6.07) is 2.52. The van der Waals surface area contributed by atoms with Crippen molar-refractivity contribution < 1.29 is 4.74 Å². The van der Waals surface area contributed by atoms with Crippen LogP contribution < -0.4 is 10.1 Å². The van der Waals surface area contributed by atoms with E-state index in [1.54, 1.807) is 13.3 Å². The Morgan fingerprint density at radius 3 is 2.93 bits per heavy atom. The number of nitrogens with one attached hydrogen (secondary N) is 1. The fraction of sp³-hybridized carbons (Fsp3) is 0.583. The molecule has 3 nitrogen and oxygen atoms in total. The monoisotopic (exact) mass is 206 g/mol. The van der Waals surface area contributed by atoms with Gasteiger partial charge in [-0.2, -0.15) is 0 Å². The second-order valence-corrected chi connectivity index (χ2v) is 4.30. The summed E-state index contributed by atoms with van der Waals surface area (Å²) in [6.07, 6.45) is 6.15. The summed E-state index contributed by atoms with van der Waals surface area (Å²) in [6.45, 7) is 3.38. The molecule has 1 aliphatic rings. The fourth-order valence-electron chi connectivity index (χ4n) is 2.02. The molecule has 82 valence electrons. The Morgan fingerprint density at radius 1 is 1.40 bits per heavy atom. The van der Waals surface area contributed by atoms with Crippen molar-refractivity contribution in [1.82, 2.24) is 10.3 Å². The molecule has 0 radical (unpaired) electrons. The van der Waals surface area contributed by atoms with Gasteiger partial charge < -0.3 is 10.1 Å². The van der Waals surface area contributed by atoms with Crippen LogP contribution in [0.5, 0.6) is 5.75 Å². The first-order valence-corrected chi connectivity index (χ1v) is 5.52. The minimum absolute atomic E-state index is 0.448. The van der Waals surface area contributed by atoms with Gasteiger partial charge in [0.1, 0.15) is 5.75 Å². The Balaban J connectivity index is 2.08.